The molecular weight excluding hydrogens is 478 g/mol. The minimum Gasteiger partial charge on any atom is -0.469 e. The van der Waals surface area contributed by atoms with E-state index in [-0.39, 0.29) is 0 Å². The minimum absolute atomic E-state index is 0.465. The number of carbonyl (C=O) groups is 6. The number of carbonyl (C=O) groups excluding carboxylic acids is 6. The number of ether oxygens (including phenoxy) is 7. The number of amides is 1. The van der Waals surface area contributed by atoms with Gasteiger partial charge in [-0.3, -0.25) is 24.0 Å². The molecule has 0 bridgehead atoms. The number of aliphatic hydroxyl groups excluding tert-OH is 1. The van der Waals surface area contributed by atoms with Gasteiger partial charge in [0.15, 0.2) is 18.5 Å². The van der Waals surface area contributed by atoms with Crippen LogP contribution in [0.15, 0.2) is 0 Å². The van der Waals surface area contributed by atoms with Crippen molar-refractivity contribution in [2.75, 3.05) is 27.4 Å². The molecule has 1 fully saturated rings. The molecule has 0 saturated carbocycles. The summed E-state index contributed by atoms with van der Waals surface area (Å²) in [4.78, 5) is 70.0. The number of rotatable bonds is 11. The highest BCUT2D eigenvalue weighted by atomic mass is 16.7. The number of methoxy groups -OCH3 is 2. The Hall–Kier alpha value is -3.30. The highest BCUT2D eigenvalue weighted by Crippen LogP contribution is 2.27. The SMILES string of the molecule is COC(=O)C[C@@H](NC(=O)CO[C@H]1O[C@H](COC(C)=O)[C@@H](OC(C)=O)[C@H](OC(C)=O)[C@H]1O)C(=O)OC. The summed E-state index contributed by atoms with van der Waals surface area (Å²) in [6, 6.07) is -1.38. The molecule has 0 spiro atoms. The molecule has 198 valence electrons. The van der Waals surface area contributed by atoms with Gasteiger partial charge in [0.25, 0.3) is 0 Å². The van der Waals surface area contributed by atoms with Gasteiger partial charge in [0.1, 0.15) is 31.5 Å². The van der Waals surface area contributed by atoms with Gasteiger partial charge in [-0.1, -0.05) is 0 Å². The van der Waals surface area contributed by atoms with Crippen LogP contribution >= 0.6 is 0 Å². The van der Waals surface area contributed by atoms with Crippen molar-refractivity contribution < 1.29 is 67.0 Å². The molecule has 0 aliphatic carbocycles. The Morgan fingerprint density at radius 3 is 2.03 bits per heavy atom. The molecule has 1 rings (SSSR count). The second-order valence-corrected chi connectivity index (χ2v) is 7.22. The first kappa shape index (κ1) is 29.7. The molecular formula is C20H29NO14. The Labute approximate surface area is 200 Å². The maximum atomic E-state index is 12.3. The molecule has 2 N–H and O–H groups in total. The molecule has 0 aromatic rings. The van der Waals surface area contributed by atoms with Gasteiger partial charge in [-0.2, -0.15) is 0 Å². The highest BCUT2D eigenvalue weighted by Gasteiger charge is 2.50. The number of aliphatic hydroxyl groups is 1. The molecule has 1 heterocycles. The fourth-order valence-electron chi connectivity index (χ4n) is 3.00. The summed E-state index contributed by atoms with van der Waals surface area (Å²) in [6.45, 7) is 1.98. The predicted octanol–water partition coefficient (Wildman–Crippen LogP) is -2.26. The third kappa shape index (κ3) is 9.84. The Bertz CT molecular complexity index is 799. The first-order valence-corrected chi connectivity index (χ1v) is 10.3. The van der Waals surface area contributed by atoms with Gasteiger partial charge < -0.3 is 43.6 Å². The zero-order valence-electron chi connectivity index (χ0n) is 19.8. The molecule has 0 aromatic carbocycles. The summed E-state index contributed by atoms with van der Waals surface area (Å²) in [6.07, 6.45) is -7.99. The van der Waals surface area contributed by atoms with E-state index in [4.69, 9.17) is 23.7 Å². The molecule has 0 aromatic heterocycles. The second-order valence-electron chi connectivity index (χ2n) is 7.22. The molecule has 1 aliphatic heterocycles. The van der Waals surface area contributed by atoms with E-state index in [9.17, 15) is 33.9 Å². The van der Waals surface area contributed by atoms with Crippen LogP contribution in [0.3, 0.4) is 0 Å². The number of hydrogen-bond acceptors (Lipinski definition) is 14. The highest BCUT2D eigenvalue weighted by molar-refractivity contribution is 5.88. The largest absolute Gasteiger partial charge is 0.469 e. The fraction of sp³-hybridized carbons (Fsp3) is 0.700. The number of hydrogen-bond donors (Lipinski definition) is 2. The summed E-state index contributed by atoms with van der Waals surface area (Å²) in [7, 11) is 2.15. The van der Waals surface area contributed by atoms with E-state index in [0.29, 0.717) is 0 Å². The number of esters is 5. The van der Waals surface area contributed by atoms with Gasteiger partial charge in [-0.25, -0.2) is 4.79 Å². The van der Waals surface area contributed by atoms with E-state index in [2.05, 4.69) is 14.8 Å². The third-order valence-corrected chi connectivity index (χ3v) is 4.47. The smallest absolute Gasteiger partial charge is 0.328 e. The standard InChI is InChI=1S/C20H29NO14/c1-9(22)31-7-13-17(33-10(2)23)18(34-11(3)24)16(27)20(35-13)32-8-14(25)21-12(19(28)30-5)6-15(26)29-4/h12-13,16-18,20,27H,6-8H2,1-5H3,(H,21,25)/t12-,13-,16-,17-,18-,20+/m1/s1. The summed E-state index contributed by atoms with van der Waals surface area (Å²) in [5, 5.41) is 12.9. The van der Waals surface area contributed by atoms with Crippen LogP contribution < -0.4 is 5.32 Å². The zero-order valence-corrected chi connectivity index (χ0v) is 19.8. The Morgan fingerprint density at radius 2 is 1.51 bits per heavy atom. The monoisotopic (exact) mass is 507 g/mol. The Balaban J connectivity index is 2.98. The molecule has 15 heteroatoms. The molecule has 0 unspecified atom stereocenters. The predicted molar refractivity (Wildman–Crippen MR) is 109 cm³/mol. The van der Waals surface area contributed by atoms with Gasteiger partial charge in [0, 0.05) is 20.8 Å². The van der Waals surface area contributed by atoms with Crippen LogP contribution in [0, 0.1) is 0 Å². The number of nitrogens with one attached hydrogen (secondary N) is 1. The molecule has 6 atom stereocenters. The zero-order chi connectivity index (χ0) is 26.7. The lowest BCUT2D eigenvalue weighted by molar-refractivity contribution is -0.304. The van der Waals surface area contributed by atoms with E-state index in [0.717, 1.165) is 35.0 Å². The summed E-state index contributed by atoms with van der Waals surface area (Å²) < 4.78 is 34.9. The van der Waals surface area contributed by atoms with Crippen LogP contribution in [0.4, 0.5) is 0 Å². The van der Waals surface area contributed by atoms with E-state index >= 15 is 0 Å². The van der Waals surface area contributed by atoms with Gasteiger partial charge >= 0.3 is 29.8 Å². The average molecular weight is 507 g/mol. The normalized spacial score (nSPS) is 24.3. The third-order valence-electron chi connectivity index (χ3n) is 4.47. The molecule has 1 aliphatic rings. The fourth-order valence-corrected chi connectivity index (χ4v) is 3.00. The molecule has 1 amide bonds. The lowest BCUT2D eigenvalue weighted by Crippen LogP contribution is -2.62. The van der Waals surface area contributed by atoms with Crippen LogP contribution in [0.5, 0.6) is 0 Å². The van der Waals surface area contributed by atoms with Crippen LogP contribution in [0.1, 0.15) is 27.2 Å². The second kappa shape index (κ2) is 14.2. The van der Waals surface area contributed by atoms with Crippen LogP contribution in [0.2, 0.25) is 0 Å². The van der Waals surface area contributed by atoms with Crippen molar-refractivity contribution in [2.45, 2.75) is 63.9 Å². The van der Waals surface area contributed by atoms with Crippen molar-refractivity contribution >= 4 is 35.8 Å². The minimum atomic E-state index is -1.74. The maximum Gasteiger partial charge on any atom is 0.328 e. The van der Waals surface area contributed by atoms with Gasteiger partial charge in [-0.15, -0.1) is 0 Å². The topological polar surface area (TPSA) is 199 Å². The first-order chi connectivity index (χ1) is 16.4. The lowest BCUT2D eigenvalue weighted by Gasteiger charge is -2.42. The Kier molecular flexibility index (Phi) is 12.0. The van der Waals surface area contributed by atoms with Gasteiger partial charge in [0.2, 0.25) is 5.91 Å². The van der Waals surface area contributed by atoms with Crippen molar-refractivity contribution in [1.29, 1.82) is 0 Å². The first-order valence-electron chi connectivity index (χ1n) is 10.3. The molecule has 35 heavy (non-hydrogen) atoms. The van der Waals surface area contributed by atoms with Crippen molar-refractivity contribution in [3.05, 3.63) is 0 Å². The molecule has 0 radical (unpaired) electrons. The van der Waals surface area contributed by atoms with Gasteiger partial charge in [-0.05, 0) is 0 Å². The van der Waals surface area contributed by atoms with Crippen LogP contribution in [-0.2, 0) is 61.9 Å². The van der Waals surface area contributed by atoms with E-state index in [1.807, 2.05) is 0 Å². The summed E-state index contributed by atoms with van der Waals surface area (Å²) >= 11 is 0. The quantitative estimate of drug-likeness (QED) is 0.224. The average Bonchev–Trinajstić information content (AvgIpc) is 2.78. The summed E-state index contributed by atoms with van der Waals surface area (Å²) in [5.74, 6) is -4.93. The maximum absolute atomic E-state index is 12.3. The van der Waals surface area contributed by atoms with E-state index < -0.39 is 92.1 Å². The van der Waals surface area contributed by atoms with Crippen molar-refractivity contribution in [2.24, 2.45) is 0 Å². The molecule has 1 saturated heterocycles. The summed E-state index contributed by atoms with van der Waals surface area (Å²) in [5.41, 5.74) is 0. The van der Waals surface area contributed by atoms with Crippen LogP contribution in [-0.4, -0.2) is 105 Å². The van der Waals surface area contributed by atoms with Gasteiger partial charge in [0.05, 0.1) is 20.6 Å². The van der Waals surface area contributed by atoms with Crippen molar-refractivity contribution in [3.63, 3.8) is 0 Å². The van der Waals surface area contributed by atoms with E-state index in [1.54, 1.807) is 0 Å². The van der Waals surface area contributed by atoms with E-state index in [1.165, 1.54) is 0 Å². The molecule has 15 nitrogen and oxygen atoms in total. The van der Waals surface area contributed by atoms with Crippen LogP contribution in [0.25, 0.3) is 0 Å². The lowest BCUT2D eigenvalue weighted by atomic mass is 9.98. The van der Waals surface area contributed by atoms with Crippen molar-refractivity contribution in [1.82, 2.24) is 5.32 Å². The Morgan fingerprint density at radius 1 is 0.914 bits per heavy atom. The van der Waals surface area contributed by atoms with Crippen molar-refractivity contribution in [3.8, 4) is 0 Å².